The van der Waals surface area contributed by atoms with Gasteiger partial charge in [0.05, 0.1) is 0 Å². The number of amides is 1. The molecule has 0 saturated carbocycles. The van der Waals surface area contributed by atoms with Crippen molar-refractivity contribution in [1.82, 2.24) is 5.32 Å². The van der Waals surface area contributed by atoms with E-state index in [9.17, 15) is 4.79 Å². The Bertz CT molecular complexity index is 447. The first-order valence-electron chi connectivity index (χ1n) is 5.18. The molecule has 0 aromatic heterocycles. The zero-order chi connectivity index (χ0) is 11.9. The minimum atomic E-state index is -0.251. The summed E-state index contributed by atoms with van der Waals surface area (Å²) < 4.78 is 0. The average molecular weight is 258 g/mol. The maximum atomic E-state index is 11.4. The molecule has 1 heterocycles. The van der Waals surface area contributed by atoms with Crippen LogP contribution in [-0.4, -0.2) is 11.9 Å². The molecule has 0 bridgehead atoms. The van der Waals surface area contributed by atoms with Crippen LogP contribution in [0.1, 0.15) is 25.8 Å². The molecule has 1 aromatic rings. The van der Waals surface area contributed by atoms with Gasteiger partial charge in [-0.1, -0.05) is 36.2 Å². The Labute approximate surface area is 105 Å². The van der Waals surface area contributed by atoms with Gasteiger partial charge in [-0.05, 0) is 24.6 Å². The molecule has 1 amide bonds. The molecule has 2 rings (SSSR count). The highest BCUT2D eigenvalue weighted by atomic mass is 35.5. The molecule has 1 aliphatic heterocycles. The van der Waals surface area contributed by atoms with E-state index in [0.29, 0.717) is 16.5 Å². The Balaban J connectivity index is 2.47. The van der Waals surface area contributed by atoms with Crippen molar-refractivity contribution in [3.05, 3.63) is 33.8 Å². The van der Waals surface area contributed by atoms with E-state index in [1.54, 1.807) is 6.07 Å². The number of benzene rings is 1. The third-order valence-corrected chi connectivity index (χ3v) is 3.96. The zero-order valence-electron chi connectivity index (χ0n) is 9.18. The summed E-state index contributed by atoms with van der Waals surface area (Å²) in [6.07, 6.45) is 0.468. The van der Waals surface area contributed by atoms with Crippen molar-refractivity contribution in [2.24, 2.45) is 0 Å². The van der Waals surface area contributed by atoms with E-state index in [4.69, 9.17) is 23.2 Å². The summed E-state index contributed by atoms with van der Waals surface area (Å²) in [5.41, 5.74) is 0.725. The van der Waals surface area contributed by atoms with Crippen LogP contribution in [0.3, 0.4) is 0 Å². The maximum Gasteiger partial charge on any atom is 0.221 e. The summed E-state index contributed by atoms with van der Waals surface area (Å²) in [6.45, 7) is 4.04. The molecule has 16 heavy (non-hydrogen) atoms. The van der Waals surface area contributed by atoms with E-state index >= 15 is 0 Å². The fourth-order valence-electron chi connectivity index (χ4n) is 2.22. The van der Waals surface area contributed by atoms with E-state index < -0.39 is 0 Å². The number of carbonyl (C=O) groups excluding carboxylic acids is 1. The number of halogens is 2. The quantitative estimate of drug-likeness (QED) is 0.823. The molecule has 0 radical (unpaired) electrons. The van der Waals surface area contributed by atoms with Crippen LogP contribution in [0.4, 0.5) is 0 Å². The molecule has 1 fully saturated rings. The maximum absolute atomic E-state index is 11.4. The Morgan fingerprint density at radius 3 is 2.62 bits per heavy atom. The fraction of sp³-hybridized carbons (Fsp3) is 0.417. The van der Waals surface area contributed by atoms with Gasteiger partial charge in [0.2, 0.25) is 5.91 Å². The van der Waals surface area contributed by atoms with Crippen molar-refractivity contribution >= 4 is 29.1 Å². The predicted octanol–water partition coefficient (Wildman–Crippen LogP) is 3.16. The minimum Gasteiger partial charge on any atom is -0.353 e. The van der Waals surface area contributed by atoms with Gasteiger partial charge >= 0.3 is 0 Å². The molecule has 1 aliphatic rings. The second-order valence-corrected chi connectivity index (χ2v) is 5.35. The van der Waals surface area contributed by atoms with Crippen molar-refractivity contribution in [2.75, 3.05) is 0 Å². The highest BCUT2D eigenvalue weighted by Gasteiger charge is 2.42. The van der Waals surface area contributed by atoms with Crippen LogP contribution in [0.25, 0.3) is 0 Å². The third-order valence-electron chi connectivity index (χ3n) is 3.41. The van der Waals surface area contributed by atoms with Crippen LogP contribution in [0.5, 0.6) is 0 Å². The topological polar surface area (TPSA) is 29.1 Å². The molecule has 86 valence electrons. The fourth-order valence-corrected chi connectivity index (χ4v) is 2.84. The van der Waals surface area contributed by atoms with Gasteiger partial charge in [-0.25, -0.2) is 0 Å². The lowest BCUT2D eigenvalue weighted by atomic mass is 9.76. The minimum absolute atomic E-state index is 0.0704. The molecule has 2 nitrogen and oxygen atoms in total. The van der Waals surface area contributed by atoms with Crippen molar-refractivity contribution in [3.63, 3.8) is 0 Å². The third kappa shape index (κ3) is 1.80. The Morgan fingerprint density at radius 1 is 1.44 bits per heavy atom. The number of carbonyl (C=O) groups is 1. The number of nitrogens with one attached hydrogen (secondary N) is 1. The van der Waals surface area contributed by atoms with Crippen LogP contribution in [-0.2, 0) is 10.2 Å². The van der Waals surface area contributed by atoms with Gasteiger partial charge in [0, 0.05) is 27.9 Å². The molecule has 0 aliphatic carbocycles. The van der Waals surface area contributed by atoms with Gasteiger partial charge in [0.15, 0.2) is 0 Å². The average Bonchev–Trinajstić information content (AvgIpc) is 2.40. The molecule has 2 atom stereocenters. The summed E-state index contributed by atoms with van der Waals surface area (Å²) in [4.78, 5) is 11.4. The monoisotopic (exact) mass is 257 g/mol. The lowest BCUT2D eigenvalue weighted by Crippen LogP contribution is -2.35. The highest BCUT2D eigenvalue weighted by molar-refractivity contribution is 6.35. The lowest BCUT2D eigenvalue weighted by Gasteiger charge is -2.29. The van der Waals surface area contributed by atoms with Crippen LogP contribution < -0.4 is 5.32 Å². The van der Waals surface area contributed by atoms with E-state index in [-0.39, 0.29) is 17.4 Å². The zero-order valence-corrected chi connectivity index (χ0v) is 10.7. The summed E-state index contributed by atoms with van der Waals surface area (Å²) in [5, 5.41) is 4.15. The molecular formula is C12H13Cl2NO. The van der Waals surface area contributed by atoms with Gasteiger partial charge in [-0.2, -0.15) is 0 Å². The second-order valence-electron chi connectivity index (χ2n) is 4.51. The van der Waals surface area contributed by atoms with Crippen LogP contribution in [0.2, 0.25) is 10.0 Å². The van der Waals surface area contributed by atoms with Gasteiger partial charge in [0.25, 0.3) is 0 Å². The number of rotatable bonds is 1. The normalized spacial score (nSPS) is 29.2. The van der Waals surface area contributed by atoms with Crippen molar-refractivity contribution in [2.45, 2.75) is 31.7 Å². The lowest BCUT2D eigenvalue weighted by molar-refractivity contribution is -0.119. The molecular weight excluding hydrogens is 245 g/mol. The molecule has 0 spiro atoms. The number of hydrogen-bond donors (Lipinski definition) is 1. The Kier molecular flexibility index (Phi) is 2.89. The Morgan fingerprint density at radius 2 is 2.12 bits per heavy atom. The number of hydrogen-bond acceptors (Lipinski definition) is 1. The van der Waals surface area contributed by atoms with Crippen molar-refractivity contribution in [3.8, 4) is 0 Å². The van der Waals surface area contributed by atoms with Crippen LogP contribution >= 0.6 is 23.2 Å². The molecule has 1 N–H and O–H groups in total. The van der Waals surface area contributed by atoms with E-state index in [1.165, 1.54) is 0 Å². The molecule has 2 unspecified atom stereocenters. The largest absolute Gasteiger partial charge is 0.353 e. The van der Waals surface area contributed by atoms with Gasteiger partial charge in [-0.15, -0.1) is 0 Å². The van der Waals surface area contributed by atoms with E-state index in [1.807, 2.05) is 26.0 Å². The first-order valence-corrected chi connectivity index (χ1v) is 5.94. The van der Waals surface area contributed by atoms with Gasteiger partial charge in [-0.3, -0.25) is 4.79 Å². The van der Waals surface area contributed by atoms with E-state index in [0.717, 1.165) is 5.56 Å². The highest BCUT2D eigenvalue weighted by Crippen LogP contribution is 2.39. The summed E-state index contributed by atoms with van der Waals surface area (Å²) in [6, 6.07) is 5.52. The smallest absolute Gasteiger partial charge is 0.221 e. The van der Waals surface area contributed by atoms with Crippen LogP contribution in [0, 0.1) is 0 Å². The Hall–Kier alpha value is -0.730. The standard InChI is InChI=1S/C12H13Cl2NO/c1-7-12(2,6-11(16)15-7)9-4-3-8(13)5-10(9)14/h3-5,7H,6H2,1-2H3,(H,15,16). The first kappa shape index (κ1) is 11.7. The van der Waals surface area contributed by atoms with E-state index in [2.05, 4.69) is 5.32 Å². The van der Waals surface area contributed by atoms with Crippen LogP contribution in [0.15, 0.2) is 18.2 Å². The molecule has 1 saturated heterocycles. The summed E-state index contributed by atoms with van der Waals surface area (Å²) >= 11 is 12.1. The van der Waals surface area contributed by atoms with Gasteiger partial charge < -0.3 is 5.32 Å². The SMILES string of the molecule is CC1NC(=O)CC1(C)c1ccc(Cl)cc1Cl. The predicted molar refractivity (Wildman–Crippen MR) is 66.0 cm³/mol. The first-order chi connectivity index (χ1) is 7.43. The molecule has 4 heteroatoms. The van der Waals surface area contributed by atoms with Gasteiger partial charge in [0.1, 0.15) is 0 Å². The summed E-state index contributed by atoms with van der Waals surface area (Å²) in [7, 11) is 0. The second kappa shape index (κ2) is 3.94. The molecule has 1 aromatic carbocycles. The van der Waals surface area contributed by atoms with Crippen molar-refractivity contribution in [1.29, 1.82) is 0 Å². The van der Waals surface area contributed by atoms with Crippen molar-refractivity contribution < 1.29 is 4.79 Å². The summed E-state index contributed by atoms with van der Waals surface area (Å²) in [5.74, 6) is 0.0704.